The lowest BCUT2D eigenvalue weighted by molar-refractivity contribution is -0.152. The Morgan fingerprint density at radius 2 is 1.82 bits per heavy atom. The number of ether oxygens (including phenoxy) is 2. The minimum atomic E-state index is -0.755. The molecule has 8 heteroatoms. The fourth-order valence-electron chi connectivity index (χ4n) is 2.43. The topological polar surface area (TPSA) is 118 Å². The van der Waals surface area contributed by atoms with E-state index in [1.54, 1.807) is 25.1 Å². The molecule has 0 aliphatic rings. The monoisotopic (exact) mass is 381 g/mol. The van der Waals surface area contributed by atoms with Crippen LogP contribution in [0.15, 0.2) is 52.9 Å². The smallest absolute Gasteiger partial charge is 0.344 e. The summed E-state index contributed by atoms with van der Waals surface area (Å²) in [5.74, 6) is -0.585. The van der Waals surface area contributed by atoms with Crippen molar-refractivity contribution in [2.75, 3.05) is 6.61 Å². The van der Waals surface area contributed by atoms with Crippen molar-refractivity contribution >= 4 is 11.9 Å². The average Bonchev–Trinajstić information content (AvgIpc) is 3.17. The zero-order valence-electron chi connectivity index (χ0n) is 15.4. The lowest BCUT2D eigenvalue weighted by Gasteiger charge is -2.11. The van der Waals surface area contributed by atoms with Crippen LogP contribution in [0.5, 0.6) is 5.75 Å². The van der Waals surface area contributed by atoms with Crippen molar-refractivity contribution in [2.24, 2.45) is 5.73 Å². The van der Waals surface area contributed by atoms with Gasteiger partial charge in [0.1, 0.15) is 5.75 Å². The highest BCUT2D eigenvalue weighted by Gasteiger charge is 2.20. The van der Waals surface area contributed by atoms with E-state index in [1.807, 2.05) is 31.2 Å². The molecule has 28 heavy (non-hydrogen) atoms. The molecule has 0 saturated carbocycles. The molecular weight excluding hydrogens is 362 g/mol. The van der Waals surface area contributed by atoms with Crippen LogP contribution >= 0.6 is 0 Å². The second kappa shape index (κ2) is 8.34. The number of benzene rings is 2. The summed E-state index contributed by atoms with van der Waals surface area (Å²) >= 11 is 0. The lowest BCUT2D eigenvalue weighted by Crippen LogP contribution is -2.19. The highest BCUT2D eigenvalue weighted by molar-refractivity contribution is 5.95. The molecule has 1 heterocycles. The standard InChI is InChI=1S/C20H19N3O5/c1-12-7-9-14(10-8-12)20-23-22-19(28-20)13(2)27-17(24)11-26-16-6-4-3-5-15(16)18(21)25/h3-10,13H,11H2,1-2H3,(H2,21,25)/t13-/m1/s1. The third-order valence-corrected chi connectivity index (χ3v) is 3.89. The molecule has 2 N–H and O–H groups in total. The number of amides is 1. The first kappa shape index (κ1) is 19.1. The molecule has 0 bridgehead atoms. The number of hydrogen-bond acceptors (Lipinski definition) is 7. The minimum absolute atomic E-state index is 0.168. The van der Waals surface area contributed by atoms with Crippen LogP contribution in [0.25, 0.3) is 11.5 Å². The summed E-state index contributed by atoms with van der Waals surface area (Å²) in [4.78, 5) is 23.4. The Morgan fingerprint density at radius 3 is 2.54 bits per heavy atom. The molecule has 0 aliphatic heterocycles. The molecular formula is C20H19N3O5. The van der Waals surface area contributed by atoms with Crippen LogP contribution in [0.3, 0.4) is 0 Å². The number of nitrogens with two attached hydrogens (primary N) is 1. The van der Waals surface area contributed by atoms with E-state index < -0.39 is 24.6 Å². The molecule has 1 atom stereocenters. The van der Waals surface area contributed by atoms with E-state index >= 15 is 0 Å². The van der Waals surface area contributed by atoms with Crippen LogP contribution in [0, 0.1) is 6.92 Å². The first-order chi connectivity index (χ1) is 13.4. The van der Waals surface area contributed by atoms with Crippen molar-refractivity contribution in [1.82, 2.24) is 10.2 Å². The van der Waals surface area contributed by atoms with Crippen LogP contribution in [0.1, 0.15) is 34.8 Å². The quantitative estimate of drug-likeness (QED) is 0.625. The van der Waals surface area contributed by atoms with Crippen molar-refractivity contribution in [3.05, 3.63) is 65.5 Å². The molecule has 0 radical (unpaired) electrons. The fraction of sp³-hybridized carbons (Fsp3) is 0.200. The Kier molecular flexibility index (Phi) is 5.69. The number of hydrogen-bond donors (Lipinski definition) is 1. The second-order valence-electron chi connectivity index (χ2n) is 6.09. The maximum atomic E-state index is 12.0. The van der Waals surface area contributed by atoms with Gasteiger partial charge in [0.15, 0.2) is 12.7 Å². The highest BCUT2D eigenvalue weighted by atomic mass is 16.6. The van der Waals surface area contributed by atoms with Crippen LogP contribution in [0.4, 0.5) is 0 Å². The second-order valence-corrected chi connectivity index (χ2v) is 6.09. The van der Waals surface area contributed by atoms with E-state index in [1.165, 1.54) is 6.07 Å². The number of esters is 1. The van der Waals surface area contributed by atoms with E-state index in [0.717, 1.165) is 11.1 Å². The summed E-state index contributed by atoms with van der Waals surface area (Å²) in [6.45, 7) is 3.20. The van der Waals surface area contributed by atoms with Crippen LogP contribution in [0.2, 0.25) is 0 Å². The number of carbonyl (C=O) groups excluding carboxylic acids is 2. The van der Waals surface area contributed by atoms with Gasteiger partial charge in [-0.1, -0.05) is 29.8 Å². The van der Waals surface area contributed by atoms with E-state index in [9.17, 15) is 9.59 Å². The Morgan fingerprint density at radius 1 is 1.11 bits per heavy atom. The van der Waals surface area contributed by atoms with Crippen LogP contribution < -0.4 is 10.5 Å². The van der Waals surface area contributed by atoms with Crippen LogP contribution in [-0.4, -0.2) is 28.7 Å². The molecule has 0 unspecified atom stereocenters. The van der Waals surface area contributed by atoms with Gasteiger partial charge in [0.2, 0.25) is 5.89 Å². The van der Waals surface area contributed by atoms with Crippen molar-refractivity contribution in [3.8, 4) is 17.2 Å². The van der Waals surface area contributed by atoms with E-state index in [-0.39, 0.29) is 17.2 Å². The Bertz CT molecular complexity index is 982. The normalized spacial score (nSPS) is 11.6. The number of primary amides is 1. The van der Waals surface area contributed by atoms with E-state index in [4.69, 9.17) is 19.6 Å². The Labute approximate surface area is 161 Å². The van der Waals surface area contributed by atoms with Crippen molar-refractivity contribution in [3.63, 3.8) is 0 Å². The van der Waals surface area contributed by atoms with Gasteiger partial charge in [-0.3, -0.25) is 4.79 Å². The van der Waals surface area contributed by atoms with Gasteiger partial charge in [-0.25, -0.2) is 4.79 Å². The number of aromatic nitrogens is 2. The molecule has 0 fully saturated rings. The summed E-state index contributed by atoms with van der Waals surface area (Å²) in [5, 5.41) is 7.91. The molecule has 2 aromatic carbocycles. The molecule has 0 spiro atoms. The maximum absolute atomic E-state index is 12.0. The fourth-order valence-corrected chi connectivity index (χ4v) is 2.43. The van der Waals surface area contributed by atoms with E-state index in [0.29, 0.717) is 5.89 Å². The zero-order valence-corrected chi connectivity index (χ0v) is 15.4. The molecule has 144 valence electrons. The molecule has 3 aromatic rings. The number of rotatable bonds is 7. The van der Waals surface area contributed by atoms with Gasteiger partial charge < -0.3 is 19.6 Å². The lowest BCUT2D eigenvalue weighted by atomic mass is 10.1. The van der Waals surface area contributed by atoms with E-state index in [2.05, 4.69) is 10.2 Å². The number of para-hydroxylation sites is 1. The first-order valence-corrected chi connectivity index (χ1v) is 8.55. The SMILES string of the molecule is Cc1ccc(-c2nnc([C@@H](C)OC(=O)COc3ccccc3C(N)=O)o2)cc1. The van der Waals surface area contributed by atoms with Crippen molar-refractivity contribution < 1.29 is 23.5 Å². The third kappa shape index (κ3) is 4.53. The van der Waals surface area contributed by atoms with Gasteiger partial charge >= 0.3 is 5.97 Å². The number of aryl methyl sites for hydroxylation is 1. The highest BCUT2D eigenvalue weighted by Crippen LogP contribution is 2.23. The van der Waals surface area contributed by atoms with Gasteiger partial charge in [-0.2, -0.15) is 0 Å². The van der Waals surface area contributed by atoms with Gasteiger partial charge in [0, 0.05) is 5.56 Å². The van der Waals surface area contributed by atoms with Crippen molar-refractivity contribution in [2.45, 2.75) is 20.0 Å². The Balaban J connectivity index is 1.59. The largest absolute Gasteiger partial charge is 0.481 e. The van der Waals surface area contributed by atoms with Crippen LogP contribution in [-0.2, 0) is 9.53 Å². The summed E-state index contributed by atoms with van der Waals surface area (Å²) in [5.41, 5.74) is 7.34. The van der Waals surface area contributed by atoms with Gasteiger partial charge in [-0.15, -0.1) is 10.2 Å². The molecule has 1 aromatic heterocycles. The predicted octanol–water partition coefficient (Wildman–Crippen LogP) is 2.83. The maximum Gasteiger partial charge on any atom is 0.344 e. The summed E-state index contributed by atoms with van der Waals surface area (Å²) in [7, 11) is 0. The molecule has 0 aliphatic carbocycles. The third-order valence-electron chi connectivity index (χ3n) is 3.89. The summed E-state index contributed by atoms with van der Waals surface area (Å²) in [6.07, 6.45) is -0.755. The number of nitrogens with zero attached hydrogens (tertiary/aromatic N) is 2. The molecule has 1 amide bonds. The summed E-state index contributed by atoms with van der Waals surface area (Å²) in [6, 6.07) is 14.0. The number of carbonyl (C=O) groups is 2. The Hall–Kier alpha value is -3.68. The van der Waals surface area contributed by atoms with Gasteiger partial charge in [-0.05, 0) is 38.1 Å². The predicted molar refractivity (Wildman–Crippen MR) is 99.4 cm³/mol. The van der Waals surface area contributed by atoms with Gasteiger partial charge in [0.05, 0.1) is 5.56 Å². The molecule has 3 rings (SSSR count). The van der Waals surface area contributed by atoms with Gasteiger partial charge in [0.25, 0.3) is 11.8 Å². The first-order valence-electron chi connectivity index (χ1n) is 8.55. The molecule has 8 nitrogen and oxygen atoms in total. The minimum Gasteiger partial charge on any atom is -0.481 e. The van der Waals surface area contributed by atoms with Crippen molar-refractivity contribution in [1.29, 1.82) is 0 Å². The summed E-state index contributed by atoms with van der Waals surface area (Å²) < 4.78 is 16.2. The molecule has 0 saturated heterocycles. The zero-order chi connectivity index (χ0) is 20.1. The average molecular weight is 381 g/mol.